The summed E-state index contributed by atoms with van der Waals surface area (Å²) < 4.78 is 6.15. The molecule has 50 heavy (non-hydrogen) atoms. The number of allylic oxidation sites excluding steroid dienone is 1. The second kappa shape index (κ2) is 13.3. The third-order valence-corrected chi connectivity index (χ3v) is 16.3. The number of aliphatic hydroxyl groups is 1. The van der Waals surface area contributed by atoms with Crippen LogP contribution < -0.4 is 5.32 Å². The van der Waals surface area contributed by atoms with Crippen molar-refractivity contribution in [2.45, 2.75) is 170 Å². The molecule has 0 bridgehead atoms. The van der Waals surface area contributed by atoms with Gasteiger partial charge in [0.05, 0.1) is 17.9 Å². The molecule has 7 nitrogen and oxygen atoms in total. The molecule has 3 N–H and O–H groups in total. The number of hydrogen-bond donors (Lipinski definition) is 3. The Balaban J connectivity index is 1.24. The predicted molar refractivity (Wildman–Crippen MR) is 196 cm³/mol. The summed E-state index contributed by atoms with van der Waals surface area (Å²) in [5.74, 6) is 1.47. The van der Waals surface area contributed by atoms with Gasteiger partial charge in [0.25, 0.3) is 0 Å². The van der Waals surface area contributed by atoms with Gasteiger partial charge < -0.3 is 20.3 Å². The Kier molecular flexibility index (Phi) is 10.1. The molecule has 7 heteroatoms. The largest absolute Gasteiger partial charge is 0.481 e. The summed E-state index contributed by atoms with van der Waals surface area (Å²) in [5.41, 5.74) is 0.851. The molecule has 282 valence electrons. The van der Waals surface area contributed by atoms with Gasteiger partial charge in [-0.3, -0.25) is 14.4 Å². The lowest BCUT2D eigenvalue weighted by Gasteiger charge is -2.69. The van der Waals surface area contributed by atoms with Gasteiger partial charge in [-0.05, 0) is 130 Å². The molecule has 6 rings (SSSR count). The average Bonchev–Trinajstić information content (AvgIpc) is 3.35. The van der Waals surface area contributed by atoms with Crippen molar-refractivity contribution in [2.24, 2.45) is 62.6 Å². The zero-order valence-corrected chi connectivity index (χ0v) is 32.8. The van der Waals surface area contributed by atoms with Gasteiger partial charge in [0.1, 0.15) is 6.10 Å². The number of ketones is 1. The highest BCUT2D eigenvalue weighted by atomic mass is 16.5. The van der Waals surface area contributed by atoms with Crippen LogP contribution in [0.5, 0.6) is 0 Å². The lowest BCUT2D eigenvalue weighted by Crippen LogP contribution is -2.63. The predicted octanol–water partition coefficient (Wildman–Crippen LogP) is 8.52. The number of ether oxygens (including phenoxy) is 1. The summed E-state index contributed by atoms with van der Waals surface area (Å²) in [4.78, 5) is 38.7. The number of aliphatic hydroxyl groups excluding tert-OH is 1. The summed E-state index contributed by atoms with van der Waals surface area (Å²) in [6, 6.07) is 0.449. The Morgan fingerprint density at radius 2 is 1.60 bits per heavy atom. The number of carbonyl (C=O) groups excluding carboxylic acids is 2. The van der Waals surface area contributed by atoms with E-state index in [1.165, 1.54) is 31.3 Å². The molecule has 11 atom stereocenters. The lowest BCUT2D eigenvalue weighted by atomic mass is 9.36. The van der Waals surface area contributed by atoms with Crippen LogP contribution in [-0.4, -0.2) is 52.7 Å². The zero-order valence-electron chi connectivity index (χ0n) is 32.8. The molecule has 6 aliphatic rings. The SMILES string of the molecule is CC(C)C1=C2C3CCC4C(C)(CCC5C(C)(C)C(OC(=O)CC(C)(C)C(=O)O)CCC54C)C3CCC2(C(O)CNC2CCCCC2C)CC1=O. The number of hydrogen-bond acceptors (Lipinski definition) is 6. The van der Waals surface area contributed by atoms with Gasteiger partial charge in [-0.2, -0.15) is 0 Å². The average molecular weight is 696 g/mol. The van der Waals surface area contributed by atoms with Crippen molar-refractivity contribution in [1.82, 2.24) is 5.32 Å². The summed E-state index contributed by atoms with van der Waals surface area (Å²) in [6.07, 6.45) is 12.8. The van der Waals surface area contributed by atoms with Crippen molar-refractivity contribution in [1.29, 1.82) is 0 Å². The first-order chi connectivity index (χ1) is 23.3. The van der Waals surface area contributed by atoms with Crippen LogP contribution in [0.15, 0.2) is 11.1 Å². The number of carbonyl (C=O) groups is 3. The van der Waals surface area contributed by atoms with E-state index in [1.54, 1.807) is 13.8 Å². The number of rotatable bonds is 9. The molecule has 0 spiro atoms. The quantitative estimate of drug-likeness (QED) is 0.207. The first-order valence-corrected chi connectivity index (χ1v) is 20.4. The minimum absolute atomic E-state index is 0.111. The third kappa shape index (κ3) is 6.04. The van der Waals surface area contributed by atoms with E-state index in [0.717, 1.165) is 56.9 Å². The van der Waals surface area contributed by atoms with Crippen LogP contribution in [0, 0.1) is 62.6 Å². The first kappa shape index (κ1) is 38.0. The molecule has 11 unspecified atom stereocenters. The van der Waals surface area contributed by atoms with Gasteiger partial charge in [-0.25, -0.2) is 0 Å². The Hall–Kier alpha value is -1.73. The Bertz CT molecular complexity index is 1380. The fourth-order valence-electron chi connectivity index (χ4n) is 13.7. The highest BCUT2D eigenvalue weighted by Gasteiger charge is 2.67. The number of fused-ring (bicyclic) bond motifs is 7. The molecule has 0 saturated heterocycles. The monoisotopic (exact) mass is 696 g/mol. The van der Waals surface area contributed by atoms with E-state index in [-0.39, 0.29) is 40.5 Å². The van der Waals surface area contributed by atoms with E-state index in [2.05, 4.69) is 53.8 Å². The molecule has 0 heterocycles. The van der Waals surface area contributed by atoms with Crippen molar-refractivity contribution in [3.8, 4) is 0 Å². The van der Waals surface area contributed by atoms with Crippen LogP contribution in [0.25, 0.3) is 0 Å². The molecule has 0 aromatic heterocycles. The molecule has 0 aromatic rings. The smallest absolute Gasteiger partial charge is 0.309 e. The zero-order chi connectivity index (χ0) is 36.6. The summed E-state index contributed by atoms with van der Waals surface area (Å²) >= 11 is 0. The van der Waals surface area contributed by atoms with Crippen LogP contribution >= 0.6 is 0 Å². The van der Waals surface area contributed by atoms with Crippen molar-refractivity contribution < 1.29 is 29.3 Å². The molecule has 0 radical (unpaired) electrons. The molecular weight excluding hydrogens is 626 g/mol. The van der Waals surface area contributed by atoms with Crippen LogP contribution in [0.2, 0.25) is 0 Å². The van der Waals surface area contributed by atoms with E-state index in [9.17, 15) is 24.6 Å². The van der Waals surface area contributed by atoms with E-state index in [0.29, 0.717) is 48.6 Å². The normalized spacial score (nSPS) is 41.9. The maximum Gasteiger partial charge on any atom is 0.309 e. The fourth-order valence-corrected chi connectivity index (χ4v) is 13.7. The number of carboxylic acids is 1. The number of carboxylic acid groups (broad SMARTS) is 1. The van der Waals surface area contributed by atoms with Crippen LogP contribution in [0.1, 0.15) is 152 Å². The van der Waals surface area contributed by atoms with Gasteiger partial charge >= 0.3 is 11.9 Å². The van der Waals surface area contributed by atoms with Gasteiger partial charge in [0, 0.05) is 29.8 Å². The highest BCUT2D eigenvalue weighted by Crippen LogP contribution is 2.73. The maximum atomic E-state index is 14.0. The first-order valence-electron chi connectivity index (χ1n) is 20.4. The number of esters is 1. The number of Topliss-reactive ketones (excluding diaryl/α,β-unsaturated/α-hetero) is 1. The molecule has 0 amide bonds. The van der Waals surface area contributed by atoms with E-state index >= 15 is 0 Å². The molecule has 5 fully saturated rings. The Morgan fingerprint density at radius 3 is 2.26 bits per heavy atom. The minimum Gasteiger partial charge on any atom is -0.481 e. The van der Waals surface area contributed by atoms with Crippen molar-refractivity contribution in [2.75, 3.05) is 6.54 Å². The number of aliphatic carboxylic acids is 1. The summed E-state index contributed by atoms with van der Waals surface area (Å²) in [6.45, 7) is 20.1. The van der Waals surface area contributed by atoms with Gasteiger partial charge in [-0.1, -0.05) is 66.9 Å². The van der Waals surface area contributed by atoms with Crippen molar-refractivity contribution in [3.63, 3.8) is 0 Å². The lowest BCUT2D eigenvalue weighted by molar-refractivity contribution is -0.214. The fraction of sp³-hybridized carbons (Fsp3) is 0.884. The Morgan fingerprint density at radius 1 is 0.920 bits per heavy atom. The molecular formula is C43H69NO6. The topological polar surface area (TPSA) is 113 Å². The third-order valence-electron chi connectivity index (χ3n) is 16.3. The van der Waals surface area contributed by atoms with E-state index in [1.807, 2.05) is 0 Å². The van der Waals surface area contributed by atoms with Crippen molar-refractivity contribution in [3.05, 3.63) is 11.1 Å². The van der Waals surface area contributed by atoms with Gasteiger partial charge in [0.15, 0.2) is 5.78 Å². The number of nitrogens with one attached hydrogen (secondary N) is 1. The van der Waals surface area contributed by atoms with Gasteiger partial charge in [0.2, 0.25) is 0 Å². The summed E-state index contributed by atoms with van der Waals surface area (Å²) in [5, 5.41) is 25.6. The summed E-state index contributed by atoms with van der Waals surface area (Å²) in [7, 11) is 0. The van der Waals surface area contributed by atoms with Crippen LogP contribution in [-0.2, 0) is 19.1 Å². The van der Waals surface area contributed by atoms with Crippen LogP contribution in [0.4, 0.5) is 0 Å². The standard InChI is InChI=1S/C43H69NO6/c1-25(2)36-30(45)22-43(33(46)24-44-29-13-11-10-12-26(29)3)21-16-28-27(37(36)43)14-15-32-41(28,8)19-17-31-40(6,7)34(18-20-42(31,32)9)50-35(47)23-39(4,5)38(48)49/h25-29,31-34,44,46H,10-24H2,1-9H3,(H,48,49). The molecule has 0 aliphatic heterocycles. The minimum atomic E-state index is -1.15. The van der Waals surface area contributed by atoms with E-state index < -0.39 is 28.9 Å². The molecule has 0 aromatic carbocycles. The second-order valence-electron chi connectivity index (χ2n) is 20.2. The van der Waals surface area contributed by atoms with Gasteiger partial charge in [-0.15, -0.1) is 0 Å². The maximum absolute atomic E-state index is 14.0. The Labute approximate surface area is 302 Å². The second-order valence-corrected chi connectivity index (χ2v) is 20.2. The van der Waals surface area contributed by atoms with Crippen molar-refractivity contribution >= 4 is 17.7 Å². The van der Waals surface area contributed by atoms with E-state index in [4.69, 9.17) is 4.74 Å². The molecule has 5 saturated carbocycles. The highest BCUT2D eigenvalue weighted by molar-refractivity contribution is 6.00. The van der Waals surface area contributed by atoms with Crippen LogP contribution in [0.3, 0.4) is 0 Å². The molecule has 6 aliphatic carbocycles.